The summed E-state index contributed by atoms with van der Waals surface area (Å²) in [5, 5.41) is 28.5. The molecule has 0 bridgehead atoms. The topological polar surface area (TPSA) is 102 Å². The van der Waals surface area contributed by atoms with Crippen molar-refractivity contribution in [3.05, 3.63) is 64.8 Å². The van der Waals surface area contributed by atoms with E-state index in [1.165, 1.54) is 19.1 Å². The Kier molecular flexibility index (Phi) is 6.06. The fraction of sp³-hybridized carbons (Fsp3) is 0.531. The third-order valence-corrected chi connectivity index (χ3v) is 10.8. The smallest absolute Gasteiger partial charge is 0.303 e. The lowest BCUT2D eigenvalue weighted by atomic mass is 9.46. The van der Waals surface area contributed by atoms with E-state index in [1.807, 2.05) is 24.7 Å². The number of ether oxygens (including phenoxy) is 1. The minimum absolute atomic E-state index is 0.0289. The SMILES string of the molecule is CC(=O)OCC(=O)C1(O)C(C)CC2C3C=C(C)C4=Cc5c(cnn5-c5ccc(F)cc5)CC4(C)C3C(O)CC21C. The van der Waals surface area contributed by atoms with Crippen molar-refractivity contribution in [3.8, 4) is 5.69 Å². The Morgan fingerprint density at radius 2 is 1.93 bits per heavy atom. The normalized spacial score (nSPS) is 37.9. The number of fused-ring (bicyclic) bond motifs is 6. The van der Waals surface area contributed by atoms with Gasteiger partial charge in [0, 0.05) is 23.7 Å². The van der Waals surface area contributed by atoms with Crippen LogP contribution in [0.1, 0.15) is 58.7 Å². The van der Waals surface area contributed by atoms with Crippen LogP contribution < -0.4 is 0 Å². The number of aromatic nitrogens is 2. The van der Waals surface area contributed by atoms with Gasteiger partial charge in [-0.15, -0.1) is 0 Å². The van der Waals surface area contributed by atoms with Gasteiger partial charge in [0.2, 0.25) is 5.78 Å². The number of allylic oxidation sites excluding steroid dienone is 3. The van der Waals surface area contributed by atoms with Gasteiger partial charge in [0.15, 0.2) is 6.61 Å². The van der Waals surface area contributed by atoms with E-state index in [4.69, 9.17) is 4.74 Å². The summed E-state index contributed by atoms with van der Waals surface area (Å²) >= 11 is 0. The van der Waals surface area contributed by atoms with E-state index in [0.717, 1.165) is 28.1 Å². The van der Waals surface area contributed by atoms with Crippen molar-refractivity contribution in [1.29, 1.82) is 0 Å². The van der Waals surface area contributed by atoms with Crippen LogP contribution in [0.15, 0.2) is 47.7 Å². The van der Waals surface area contributed by atoms with Crippen molar-refractivity contribution in [2.45, 2.75) is 65.6 Å². The molecular formula is C32H37FN2O5. The highest BCUT2D eigenvalue weighted by Gasteiger charge is 2.70. The monoisotopic (exact) mass is 548 g/mol. The maximum absolute atomic E-state index is 13.6. The summed E-state index contributed by atoms with van der Waals surface area (Å²) in [6.45, 7) is 8.90. The standard InChI is InChI=1S/C32H37FN2O5/c1-17-10-23-25-11-18(2)32(39,28(38)16-40-19(3)36)31(25,5)14-27(37)29(23)30(4)13-20-15-34-35(26(20)12-24(17)30)22-8-6-21(33)7-9-22/h6-10,12,15,18,23,25,27,29,37,39H,11,13-14,16H2,1-5H3. The number of ketones is 1. The number of hydrogen-bond acceptors (Lipinski definition) is 6. The zero-order chi connectivity index (χ0) is 28.8. The minimum atomic E-state index is -1.70. The van der Waals surface area contributed by atoms with Gasteiger partial charge in [-0.05, 0) is 85.4 Å². The molecule has 2 saturated carbocycles. The van der Waals surface area contributed by atoms with Gasteiger partial charge in [-0.3, -0.25) is 9.59 Å². The second kappa shape index (κ2) is 8.95. The molecule has 1 heterocycles. The van der Waals surface area contributed by atoms with Gasteiger partial charge in [0.1, 0.15) is 11.4 Å². The molecule has 8 heteroatoms. The summed E-state index contributed by atoms with van der Waals surface area (Å²) < 4.78 is 20.4. The number of hydrogen-bond donors (Lipinski definition) is 2. The van der Waals surface area contributed by atoms with Gasteiger partial charge in [-0.1, -0.05) is 32.4 Å². The van der Waals surface area contributed by atoms with Crippen LogP contribution in [-0.4, -0.2) is 50.1 Å². The zero-order valence-corrected chi connectivity index (χ0v) is 23.6. The van der Waals surface area contributed by atoms with Crippen molar-refractivity contribution in [3.63, 3.8) is 0 Å². The number of benzene rings is 1. The molecule has 1 aromatic heterocycles. The summed E-state index contributed by atoms with van der Waals surface area (Å²) in [4.78, 5) is 24.8. The van der Waals surface area contributed by atoms with E-state index >= 15 is 0 Å². The fourth-order valence-electron chi connectivity index (χ4n) is 9.06. The van der Waals surface area contributed by atoms with Gasteiger partial charge < -0.3 is 14.9 Å². The average Bonchev–Trinajstić information content (AvgIpc) is 3.38. The molecule has 2 N–H and O–H groups in total. The fourth-order valence-corrected chi connectivity index (χ4v) is 9.06. The Balaban J connectivity index is 1.40. The van der Waals surface area contributed by atoms with Crippen molar-refractivity contribution in [1.82, 2.24) is 9.78 Å². The molecule has 2 aromatic rings. The predicted molar refractivity (Wildman–Crippen MR) is 147 cm³/mol. The van der Waals surface area contributed by atoms with Gasteiger partial charge in [0.05, 0.1) is 23.7 Å². The number of aliphatic hydroxyl groups is 2. The Hall–Kier alpha value is -3.10. The van der Waals surface area contributed by atoms with Crippen LogP contribution in [0.5, 0.6) is 0 Å². The van der Waals surface area contributed by atoms with E-state index in [1.54, 1.807) is 12.1 Å². The molecule has 8 atom stereocenters. The van der Waals surface area contributed by atoms with Crippen LogP contribution >= 0.6 is 0 Å². The molecule has 8 unspecified atom stereocenters. The van der Waals surface area contributed by atoms with Crippen molar-refractivity contribution >= 4 is 17.8 Å². The van der Waals surface area contributed by atoms with Gasteiger partial charge in [-0.25, -0.2) is 9.07 Å². The molecule has 212 valence electrons. The second-order valence-corrected chi connectivity index (χ2v) is 13.0. The number of aliphatic hydroxyl groups excluding tert-OH is 1. The lowest BCUT2D eigenvalue weighted by Crippen LogP contribution is -2.62. The second-order valence-electron chi connectivity index (χ2n) is 13.0. The lowest BCUT2D eigenvalue weighted by Gasteiger charge is -2.59. The molecule has 6 rings (SSSR count). The van der Waals surface area contributed by atoms with Crippen LogP contribution in [0.25, 0.3) is 11.8 Å². The van der Waals surface area contributed by atoms with Crippen LogP contribution in [0.2, 0.25) is 0 Å². The maximum Gasteiger partial charge on any atom is 0.303 e. The quantitative estimate of drug-likeness (QED) is 0.548. The van der Waals surface area contributed by atoms with Crippen LogP contribution in [-0.2, 0) is 20.7 Å². The molecule has 4 aliphatic carbocycles. The van der Waals surface area contributed by atoms with Crippen molar-refractivity contribution < 1.29 is 28.9 Å². The molecule has 0 radical (unpaired) electrons. The largest absolute Gasteiger partial charge is 0.458 e. The van der Waals surface area contributed by atoms with Crippen LogP contribution in [0.4, 0.5) is 4.39 Å². The molecule has 1 aromatic carbocycles. The number of esters is 1. The van der Waals surface area contributed by atoms with Crippen molar-refractivity contribution in [2.24, 2.45) is 34.5 Å². The summed E-state index contributed by atoms with van der Waals surface area (Å²) in [7, 11) is 0. The molecule has 4 aliphatic rings. The average molecular weight is 549 g/mol. The first-order chi connectivity index (χ1) is 18.8. The molecule has 0 amide bonds. The predicted octanol–water partition coefficient (Wildman–Crippen LogP) is 4.44. The van der Waals surface area contributed by atoms with Crippen molar-refractivity contribution in [2.75, 3.05) is 6.61 Å². The van der Waals surface area contributed by atoms with E-state index in [9.17, 15) is 24.2 Å². The highest BCUT2D eigenvalue weighted by molar-refractivity contribution is 5.91. The Labute approximate surface area is 233 Å². The third-order valence-electron chi connectivity index (χ3n) is 10.8. The summed E-state index contributed by atoms with van der Waals surface area (Å²) in [6, 6.07) is 6.28. The molecule has 0 spiro atoms. The highest BCUT2D eigenvalue weighted by atomic mass is 19.1. The first-order valence-corrected chi connectivity index (χ1v) is 14.1. The Morgan fingerprint density at radius 3 is 2.60 bits per heavy atom. The number of halogens is 1. The number of carbonyl (C=O) groups excluding carboxylic acids is 2. The first kappa shape index (κ1) is 27.1. The van der Waals surface area contributed by atoms with Gasteiger partial charge >= 0.3 is 5.97 Å². The third kappa shape index (κ3) is 3.58. The van der Waals surface area contributed by atoms with Crippen LogP contribution in [0.3, 0.4) is 0 Å². The number of Topliss-reactive ketones (excluding diaryl/α,β-unsaturated/α-hetero) is 1. The molecule has 2 fully saturated rings. The summed E-state index contributed by atoms with van der Waals surface area (Å²) in [5.74, 6) is -1.88. The molecule has 0 saturated heterocycles. The summed E-state index contributed by atoms with van der Waals surface area (Å²) in [5.41, 5.74) is 2.13. The maximum atomic E-state index is 13.6. The van der Waals surface area contributed by atoms with E-state index in [2.05, 4.69) is 31.1 Å². The number of carbonyl (C=O) groups is 2. The number of nitrogens with zero attached hydrogens (tertiary/aromatic N) is 2. The zero-order valence-electron chi connectivity index (χ0n) is 23.6. The van der Waals surface area contributed by atoms with E-state index in [-0.39, 0.29) is 41.3 Å². The van der Waals surface area contributed by atoms with Crippen LogP contribution in [0, 0.1) is 40.3 Å². The van der Waals surface area contributed by atoms with Gasteiger partial charge in [0.25, 0.3) is 0 Å². The van der Waals surface area contributed by atoms with E-state index < -0.39 is 35.5 Å². The summed E-state index contributed by atoms with van der Waals surface area (Å²) in [6.07, 6.45) is 7.12. The molecule has 0 aliphatic heterocycles. The minimum Gasteiger partial charge on any atom is -0.458 e. The molecule has 40 heavy (non-hydrogen) atoms. The Morgan fingerprint density at radius 1 is 1.23 bits per heavy atom. The first-order valence-electron chi connectivity index (χ1n) is 14.1. The highest BCUT2D eigenvalue weighted by Crippen LogP contribution is 2.68. The van der Waals surface area contributed by atoms with Gasteiger partial charge in [-0.2, -0.15) is 5.10 Å². The molecule has 7 nitrogen and oxygen atoms in total. The lowest BCUT2D eigenvalue weighted by molar-refractivity contribution is -0.182. The number of rotatable bonds is 4. The van der Waals surface area contributed by atoms with E-state index in [0.29, 0.717) is 12.8 Å². The molecular weight excluding hydrogens is 511 g/mol. The Bertz CT molecular complexity index is 1460.